The van der Waals surface area contributed by atoms with Gasteiger partial charge in [0.2, 0.25) is 0 Å². The Hall–Kier alpha value is -1.06. The van der Waals surface area contributed by atoms with Crippen molar-refractivity contribution in [2.45, 2.75) is 52.7 Å². The van der Waals surface area contributed by atoms with E-state index >= 15 is 0 Å². The van der Waals surface area contributed by atoms with Crippen LogP contribution in [0.4, 0.5) is 0 Å². The van der Waals surface area contributed by atoms with Crippen LogP contribution in [0.3, 0.4) is 0 Å². The molecule has 3 nitrogen and oxygen atoms in total. The first kappa shape index (κ1) is 16.3. The maximum atomic E-state index is 6.05. The van der Waals surface area contributed by atoms with Crippen LogP contribution in [-0.4, -0.2) is 26.4 Å². The fourth-order valence-electron chi connectivity index (χ4n) is 3.33. The van der Waals surface area contributed by atoms with Gasteiger partial charge in [0.15, 0.2) is 0 Å². The predicted molar refractivity (Wildman–Crippen MR) is 87.0 cm³/mol. The van der Waals surface area contributed by atoms with E-state index in [4.69, 9.17) is 9.47 Å². The molecule has 1 fully saturated rings. The third kappa shape index (κ3) is 3.58. The summed E-state index contributed by atoms with van der Waals surface area (Å²) < 4.78 is 11.7. The average molecular weight is 291 g/mol. The van der Waals surface area contributed by atoms with Gasteiger partial charge in [0, 0.05) is 12.2 Å². The summed E-state index contributed by atoms with van der Waals surface area (Å²) in [4.78, 5) is 0. The highest BCUT2D eigenvalue weighted by molar-refractivity contribution is 5.45. The van der Waals surface area contributed by atoms with E-state index in [0.29, 0.717) is 5.92 Å². The molecular formula is C18H29NO2. The number of ether oxygens (including phenoxy) is 2. The highest BCUT2D eigenvalue weighted by Crippen LogP contribution is 2.37. The summed E-state index contributed by atoms with van der Waals surface area (Å²) >= 11 is 0. The minimum atomic E-state index is 0.206. The molecule has 0 bridgehead atoms. The van der Waals surface area contributed by atoms with Crippen LogP contribution in [0, 0.1) is 19.8 Å². The molecule has 1 saturated heterocycles. The molecule has 1 heterocycles. The third-order valence-electron chi connectivity index (χ3n) is 4.41. The second kappa shape index (κ2) is 7.28. The summed E-state index contributed by atoms with van der Waals surface area (Å²) in [5.74, 6) is 1.55. The normalized spacial score (nSPS) is 23.3. The highest BCUT2D eigenvalue weighted by atomic mass is 16.5. The second-order valence-electron chi connectivity index (χ2n) is 6.23. The van der Waals surface area contributed by atoms with Crippen molar-refractivity contribution in [3.63, 3.8) is 0 Å². The molecule has 0 spiro atoms. The summed E-state index contributed by atoms with van der Waals surface area (Å²) in [5.41, 5.74) is 3.78. The highest BCUT2D eigenvalue weighted by Gasteiger charge is 2.35. The Balaban J connectivity index is 2.40. The van der Waals surface area contributed by atoms with Gasteiger partial charge in [0.1, 0.15) is 5.75 Å². The van der Waals surface area contributed by atoms with Gasteiger partial charge in [-0.25, -0.2) is 0 Å². The van der Waals surface area contributed by atoms with Gasteiger partial charge in [0.25, 0.3) is 0 Å². The number of benzene rings is 1. The molecule has 1 aromatic rings. The zero-order valence-electron chi connectivity index (χ0n) is 14.0. The molecule has 1 aliphatic heterocycles. The fourth-order valence-corrected chi connectivity index (χ4v) is 3.33. The van der Waals surface area contributed by atoms with Crippen LogP contribution in [-0.2, 0) is 4.74 Å². The van der Waals surface area contributed by atoms with Crippen LogP contribution in [0.2, 0.25) is 0 Å². The summed E-state index contributed by atoms with van der Waals surface area (Å²) in [5, 5.41) is 3.69. The molecule has 0 radical (unpaired) electrons. The van der Waals surface area contributed by atoms with E-state index in [0.717, 1.165) is 31.7 Å². The number of hydrogen-bond acceptors (Lipinski definition) is 3. The molecule has 1 aliphatic rings. The predicted octanol–water partition coefficient (Wildman–Crippen LogP) is 3.78. The van der Waals surface area contributed by atoms with Crippen molar-refractivity contribution in [2.75, 3.05) is 20.3 Å². The molecule has 0 saturated carbocycles. The molecule has 118 valence electrons. The summed E-state index contributed by atoms with van der Waals surface area (Å²) in [6.07, 6.45) is 2.49. The minimum Gasteiger partial charge on any atom is -0.496 e. The fraction of sp³-hybridized carbons (Fsp3) is 0.667. The molecule has 1 aromatic carbocycles. The van der Waals surface area contributed by atoms with Gasteiger partial charge in [-0.1, -0.05) is 19.9 Å². The maximum absolute atomic E-state index is 6.05. The van der Waals surface area contributed by atoms with E-state index in [1.165, 1.54) is 16.7 Å². The lowest BCUT2D eigenvalue weighted by Gasteiger charge is -2.30. The first-order valence-electron chi connectivity index (χ1n) is 8.08. The Kier molecular flexibility index (Phi) is 5.65. The van der Waals surface area contributed by atoms with Gasteiger partial charge in [0.05, 0.1) is 19.3 Å². The smallest absolute Gasteiger partial charge is 0.124 e. The van der Waals surface area contributed by atoms with E-state index in [2.05, 4.69) is 45.1 Å². The number of methoxy groups -OCH3 is 1. The lowest BCUT2D eigenvalue weighted by Crippen LogP contribution is -2.36. The summed E-state index contributed by atoms with van der Waals surface area (Å²) in [6, 6.07) is 4.57. The van der Waals surface area contributed by atoms with E-state index < -0.39 is 0 Å². The monoisotopic (exact) mass is 291 g/mol. The topological polar surface area (TPSA) is 30.5 Å². The molecular weight excluding hydrogens is 262 g/mol. The number of nitrogens with one attached hydrogen (secondary N) is 1. The molecule has 1 N–H and O–H groups in total. The molecule has 21 heavy (non-hydrogen) atoms. The Labute approximate surface area is 129 Å². The standard InChI is InChI=1S/C18H29NO2/c1-6-8-19-17(18-13(3)7-9-21-18)16-14(4)10-12(2)11-15(16)20-5/h10-11,13,17-19H,6-9H2,1-5H3. The van der Waals surface area contributed by atoms with E-state index in [-0.39, 0.29) is 12.1 Å². The van der Waals surface area contributed by atoms with Crippen molar-refractivity contribution in [3.05, 3.63) is 28.8 Å². The Morgan fingerprint density at radius 1 is 1.38 bits per heavy atom. The average Bonchev–Trinajstić information content (AvgIpc) is 2.86. The molecule has 0 aromatic heterocycles. The van der Waals surface area contributed by atoms with Gasteiger partial charge >= 0.3 is 0 Å². The van der Waals surface area contributed by atoms with Crippen LogP contribution in [0.25, 0.3) is 0 Å². The Morgan fingerprint density at radius 2 is 2.14 bits per heavy atom. The maximum Gasteiger partial charge on any atom is 0.124 e. The number of hydrogen-bond donors (Lipinski definition) is 1. The van der Waals surface area contributed by atoms with Crippen LogP contribution in [0.5, 0.6) is 5.75 Å². The van der Waals surface area contributed by atoms with Crippen molar-refractivity contribution in [2.24, 2.45) is 5.92 Å². The Bertz CT molecular complexity index is 473. The molecule has 3 atom stereocenters. The zero-order chi connectivity index (χ0) is 15.4. The van der Waals surface area contributed by atoms with Gasteiger partial charge in [-0.15, -0.1) is 0 Å². The molecule has 2 rings (SSSR count). The Morgan fingerprint density at radius 3 is 2.71 bits per heavy atom. The molecule has 0 amide bonds. The van der Waals surface area contributed by atoms with Crippen LogP contribution in [0.1, 0.15) is 49.4 Å². The first-order chi connectivity index (χ1) is 10.1. The lowest BCUT2D eigenvalue weighted by molar-refractivity contribution is 0.0597. The SMILES string of the molecule is CCCNC(c1c(C)cc(C)cc1OC)C1OCCC1C. The number of rotatable bonds is 6. The number of aryl methyl sites for hydroxylation is 2. The largest absolute Gasteiger partial charge is 0.496 e. The second-order valence-corrected chi connectivity index (χ2v) is 6.23. The van der Waals surface area contributed by atoms with Crippen molar-refractivity contribution in [1.82, 2.24) is 5.32 Å². The van der Waals surface area contributed by atoms with Crippen molar-refractivity contribution < 1.29 is 9.47 Å². The third-order valence-corrected chi connectivity index (χ3v) is 4.41. The van der Waals surface area contributed by atoms with Gasteiger partial charge < -0.3 is 14.8 Å². The summed E-state index contributed by atoms with van der Waals surface area (Å²) in [7, 11) is 1.76. The minimum absolute atomic E-state index is 0.206. The first-order valence-corrected chi connectivity index (χ1v) is 8.08. The van der Waals surface area contributed by atoms with E-state index in [9.17, 15) is 0 Å². The van der Waals surface area contributed by atoms with E-state index in [1.54, 1.807) is 7.11 Å². The van der Waals surface area contributed by atoms with Gasteiger partial charge in [-0.2, -0.15) is 0 Å². The zero-order valence-corrected chi connectivity index (χ0v) is 14.0. The van der Waals surface area contributed by atoms with Crippen LogP contribution < -0.4 is 10.1 Å². The molecule has 3 heteroatoms. The van der Waals surface area contributed by atoms with Crippen LogP contribution in [0.15, 0.2) is 12.1 Å². The van der Waals surface area contributed by atoms with Crippen molar-refractivity contribution in [1.29, 1.82) is 0 Å². The van der Waals surface area contributed by atoms with Gasteiger partial charge in [-0.3, -0.25) is 0 Å². The van der Waals surface area contributed by atoms with Gasteiger partial charge in [-0.05, 0) is 56.3 Å². The molecule has 3 unspecified atom stereocenters. The summed E-state index contributed by atoms with van der Waals surface area (Å²) in [6.45, 7) is 10.6. The van der Waals surface area contributed by atoms with Crippen LogP contribution >= 0.6 is 0 Å². The molecule has 0 aliphatic carbocycles. The van der Waals surface area contributed by atoms with Crippen molar-refractivity contribution in [3.8, 4) is 5.75 Å². The lowest BCUT2D eigenvalue weighted by atomic mass is 9.88. The van der Waals surface area contributed by atoms with Crippen molar-refractivity contribution >= 4 is 0 Å². The van der Waals surface area contributed by atoms with E-state index in [1.807, 2.05) is 0 Å². The quantitative estimate of drug-likeness (QED) is 0.865.